The average Bonchev–Trinajstić information content (AvgIpc) is 2.59. The Kier molecular flexibility index (Phi) is 4.70. The van der Waals surface area contributed by atoms with Gasteiger partial charge in [0.2, 0.25) is 5.91 Å². The van der Waals surface area contributed by atoms with E-state index in [1.807, 2.05) is 6.92 Å². The van der Waals surface area contributed by atoms with Crippen molar-refractivity contribution in [2.45, 2.75) is 19.3 Å². The van der Waals surface area contributed by atoms with Crippen LogP contribution in [0, 0.1) is 5.82 Å². The third-order valence-electron chi connectivity index (χ3n) is 4.27. The highest BCUT2D eigenvalue weighted by Gasteiger charge is 2.25. The standard InChI is InChI=1S/C19H19FN2O3/c1-12(13-6-8-14(20)9-7-13)10-17(23)21-15-4-3-5-16-19(15)25-11-18(24)22(16)2/h3-9,12H,10-11H2,1-2H3,(H,21,23). The van der Waals surface area contributed by atoms with Gasteiger partial charge in [-0.05, 0) is 35.7 Å². The number of anilines is 2. The third-order valence-corrected chi connectivity index (χ3v) is 4.27. The minimum Gasteiger partial charge on any atom is -0.479 e. The summed E-state index contributed by atoms with van der Waals surface area (Å²) in [7, 11) is 1.67. The molecule has 1 unspecified atom stereocenters. The fourth-order valence-corrected chi connectivity index (χ4v) is 2.79. The fourth-order valence-electron chi connectivity index (χ4n) is 2.79. The van der Waals surface area contributed by atoms with Crippen LogP contribution in [-0.2, 0) is 9.59 Å². The molecule has 0 fully saturated rings. The molecule has 1 atom stereocenters. The Morgan fingerprint density at radius 3 is 2.72 bits per heavy atom. The number of benzene rings is 2. The Bertz CT molecular complexity index is 805. The van der Waals surface area contributed by atoms with E-state index in [1.165, 1.54) is 17.0 Å². The van der Waals surface area contributed by atoms with Gasteiger partial charge in [-0.1, -0.05) is 25.1 Å². The summed E-state index contributed by atoms with van der Waals surface area (Å²) < 4.78 is 18.5. The molecule has 2 aromatic rings. The number of carbonyl (C=O) groups is 2. The van der Waals surface area contributed by atoms with Crippen LogP contribution in [-0.4, -0.2) is 25.5 Å². The Morgan fingerprint density at radius 1 is 1.28 bits per heavy atom. The number of rotatable bonds is 4. The SMILES string of the molecule is CC(CC(=O)Nc1cccc2c1OCC(=O)N2C)c1ccc(F)cc1. The monoisotopic (exact) mass is 342 g/mol. The number of halogens is 1. The quantitative estimate of drug-likeness (QED) is 0.927. The molecule has 25 heavy (non-hydrogen) atoms. The Morgan fingerprint density at radius 2 is 2.00 bits per heavy atom. The van der Waals surface area contributed by atoms with Crippen molar-refractivity contribution >= 4 is 23.2 Å². The van der Waals surface area contributed by atoms with Gasteiger partial charge < -0.3 is 15.0 Å². The van der Waals surface area contributed by atoms with Gasteiger partial charge >= 0.3 is 0 Å². The number of ether oxygens (including phenoxy) is 1. The van der Waals surface area contributed by atoms with Gasteiger partial charge in [-0.15, -0.1) is 0 Å². The van der Waals surface area contributed by atoms with Crippen LogP contribution in [0.1, 0.15) is 24.8 Å². The van der Waals surface area contributed by atoms with Crippen LogP contribution < -0.4 is 15.0 Å². The minimum atomic E-state index is -0.299. The highest BCUT2D eigenvalue weighted by molar-refractivity contribution is 6.01. The first kappa shape index (κ1) is 17.0. The first-order valence-electron chi connectivity index (χ1n) is 8.03. The summed E-state index contributed by atoms with van der Waals surface area (Å²) in [6, 6.07) is 11.4. The summed E-state index contributed by atoms with van der Waals surface area (Å²) in [6.45, 7) is 1.86. The molecule has 0 saturated carbocycles. The van der Waals surface area contributed by atoms with Crippen molar-refractivity contribution in [3.05, 3.63) is 53.8 Å². The maximum Gasteiger partial charge on any atom is 0.264 e. The molecule has 1 heterocycles. The van der Waals surface area contributed by atoms with E-state index in [2.05, 4.69) is 5.32 Å². The van der Waals surface area contributed by atoms with Crippen LogP contribution in [0.3, 0.4) is 0 Å². The van der Waals surface area contributed by atoms with Crippen molar-refractivity contribution in [2.75, 3.05) is 23.9 Å². The lowest BCUT2D eigenvalue weighted by atomic mass is 9.97. The first-order valence-corrected chi connectivity index (χ1v) is 8.03. The number of hydrogen-bond donors (Lipinski definition) is 1. The largest absolute Gasteiger partial charge is 0.479 e. The van der Waals surface area contributed by atoms with Crippen LogP contribution in [0.5, 0.6) is 5.75 Å². The van der Waals surface area contributed by atoms with Gasteiger partial charge in [-0.3, -0.25) is 9.59 Å². The lowest BCUT2D eigenvalue weighted by Gasteiger charge is -2.27. The van der Waals surface area contributed by atoms with E-state index in [9.17, 15) is 14.0 Å². The van der Waals surface area contributed by atoms with Crippen molar-refractivity contribution in [3.8, 4) is 5.75 Å². The molecule has 0 radical (unpaired) electrons. The second kappa shape index (κ2) is 6.93. The van der Waals surface area contributed by atoms with Crippen LogP contribution in [0.25, 0.3) is 0 Å². The fraction of sp³-hybridized carbons (Fsp3) is 0.263. The molecule has 1 aliphatic rings. The highest BCUT2D eigenvalue weighted by atomic mass is 19.1. The summed E-state index contributed by atoms with van der Waals surface area (Å²) in [5.74, 6) is -0.167. The van der Waals surface area contributed by atoms with E-state index in [4.69, 9.17) is 4.74 Å². The molecule has 6 heteroatoms. The van der Waals surface area contributed by atoms with E-state index < -0.39 is 0 Å². The van der Waals surface area contributed by atoms with Gasteiger partial charge in [0.1, 0.15) is 5.82 Å². The normalized spacial score (nSPS) is 14.5. The van der Waals surface area contributed by atoms with E-state index >= 15 is 0 Å². The number of nitrogens with one attached hydrogen (secondary N) is 1. The van der Waals surface area contributed by atoms with Gasteiger partial charge in [0.15, 0.2) is 12.4 Å². The Balaban J connectivity index is 1.71. The molecule has 130 valence electrons. The smallest absolute Gasteiger partial charge is 0.264 e. The second-order valence-corrected chi connectivity index (χ2v) is 6.10. The number of likely N-dealkylation sites (N-methyl/N-ethyl adjacent to an activating group) is 1. The van der Waals surface area contributed by atoms with E-state index in [1.54, 1.807) is 37.4 Å². The van der Waals surface area contributed by atoms with Crippen molar-refractivity contribution in [1.29, 1.82) is 0 Å². The molecular weight excluding hydrogens is 323 g/mol. The summed E-state index contributed by atoms with van der Waals surface area (Å²) in [4.78, 5) is 25.6. The predicted molar refractivity (Wildman–Crippen MR) is 93.4 cm³/mol. The van der Waals surface area contributed by atoms with Crippen LogP contribution >= 0.6 is 0 Å². The molecule has 5 nitrogen and oxygen atoms in total. The molecule has 0 saturated heterocycles. The summed E-state index contributed by atoms with van der Waals surface area (Å²) in [5, 5.41) is 2.84. The zero-order chi connectivity index (χ0) is 18.0. The van der Waals surface area contributed by atoms with Crippen molar-refractivity contribution in [2.24, 2.45) is 0 Å². The third kappa shape index (κ3) is 3.63. The molecule has 3 rings (SSSR count). The van der Waals surface area contributed by atoms with Gasteiger partial charge in [0, 0.05) is 13.5 Å². The lowest BCUT2D eigenvalue weighted by molar-refractivity contribution is -0.121. The molecule has 2 aromatic carbocycles. The minimum absolute atomic E-state index is 0.0506. The first-order chi connectivity index (χ1) is 12.0. The number of carbonyl (C=O) groups excluding carboxylic acids is 2. The number of para-hydroxylation sites is 1. The van der Waals surface area contributed by atoms with Crippen LogP contribution in [0.4, 0.5) is 15.8 Å². The number of nitrogens with zero attached hydrogens (tertiary/aromatic N) is 1. The molecule has 1 aliphatic heterocycles. The van der Waals surface area contributed by atoms with Crippen molar-refractivity contribution < 1.29 is 18.7 Å². The molecule has 0 aliphatic carbocycles. The van der Waals surface area contributed by atoms with Crippen molar-refractivity contribution in [1.82, 2.24) is 0 Å². The van der Waals surface area contributed by atoms with Gasteiger partial charge in [-0.25, -0.2) is 4.39 Å². The van der Waals surface area contributed by atoms with Gasteiger partial charge in [0.25, 0.3) is 5.91 Å². The molecule has 2 amide bonds. The maximum absolute atomic E-state index is 13.0. The van der Waals surface area contributed by atoms with Crippen LogP contribution in [0.15, 0.2) is 42.5 Å². The number of hydrogen-bond acceptors (Lipinski definition) is 3. The lowest BCUT2D eigenvalue weighted by Crippen LogP contribution is -2.35. The number of amides is 2. The van der Waals surface area contributed by atoms with E-state index in [-0.39, 0.29) is 36.6 Å². The second-order valence-electron chi connectivity index (χ2n) is 6.10. The Hall–Kier alpha value is -2.89. The van der Waals surface area contributed by atoms with Gasteiger partial charge in [-0.2, -0.15) is 0 Å². The molecule has 0 aromatic heterocycles. The molecule has 1 N–H and O–H groups in total. The Labute approximate surface area is 145 Å². The van der Waals surface area contributed by atoms with E-state index in [0.29, 0.717) is 17.1 Å². The molecule has 0 spiro atoms. The van der Waals surface area contributed by atoms with Gasteiger partial charge in [0.05, 0.1) is 11.4 Å². The van der Waals surface area contributed by atoms with Crippen LogP contribution in [0.2, 0.25) is 0 Å². The molecule has 0 bridgehead atoms. The summed E-state index contributed by atoms with van der Waals surface area (Å²) in [6.07, 6.45) is 0.254. The highest BCUT2D eigenvalue weighted by Crippen LogP contribution is 2.38. The average molecular weight is 342 g/mol. The topological polar surface area (TPSA) is 58.6 Å². The zero-order valence-corrected chi connectivity index (χ0v) is 14.1. The zero-order valence-electron chi connectivity index (χ0n) is 14.1. The predicted octanol–water partition coefficient (Wildman–Crippen LogP) is 3.31. The summed E-state index contributed by atoms with van der Waals surface area (Å²) in [5.41, 5.74) is 2.06. The summed E-state index contributed by atoms with van der Waals surface area (Å²) >= 11 is 0. The van der Waals surface area contributed by atoms with E-state index in [0.717, 1.165) is 5.56 Å². The van der Waals surface area contributed by atoms with Crippen molar-refractivity contribution in [3.63, 3.8) is 0 Å². The molecular formula is C19H19FN2O3. The number of fused-ring (bicyclic) bond motifs is 1. The maximum atomic E-state index is 13.0.